The lowest BCUT2D eigenvalue weighted by Gasteiger charge is -2.09. The smallest absolute Gasteiger partial charge is 0.325 e. The molecule has 6 nitrogen and oxygen atoms in total. The zero-order chi connectivity index (χ0) is 15.8. The predicted octanol–water partition coefficient (Wildman–Crippen LogP) is 0.925. The Morgan fingerprint density at radius 3 is 2.43 bits per heavy atom. The summed E-state index contributed by atoms with van der Waals surface area (Å²) in [5.41, 5.74) is 0.334. The molecule has 3 N–H and O–H groups in total. The highest BCUT2D eigenvalue weighted by molar-refractivity contribution is 5.94. The summed E-state index contributed by atoms with van der Waals surface area (Å²) in [6.45, 7) is 1.64. The summed E-state index contributed by atoms with van der Waals surface area (Å²) in [7, 11) is 0. The largest absolute Gasteiger partial charge is 0.480 e. The van der Waals surface area contributed by atoms with Gasteiger partial charge in [-0.05, 0) is 37.6 Å². The third-order valence-electron chi connectivity index (χ3n) is 2.72. The monoisotopic (exact) mass is 296 g/mol. The van der Waals surface area contributed by atoms with Gasteiger partial charge in [0.15, 0.2) is 0 Å². The van der Waals surface area contributed by atoms with Crippen LogP contribution in [0.2, 0.25) is 0 Å². The minimum Gasteiger partial charge on any atom is -0.480 e. The zero-order valence-corrected chi connectivity index (χ0v) is 11.6. The molecule has 114 valence electrons. The lowest BCUT2D eigenvalue weighted by Crippen LogP contribution is -2.38. The Morgan fingerprint density at radius 2 is 1.86 bits per heavy atom. The van der Waals surface area contributed by atoms with Crippen LogP contribution in [0.1, 0.15) is 30.1 Å². The molecule has 0 aliphatic rings. The van der Waals surface area contributed by atoms with E-state index in [0.29, 0.717) is 12.0 Å². The third-order valence-corrected chi connectivity index (χ3v) is 2.72. The van der Waals surface area contributed by atoms with Gasteiger partial charge in [0, 0.05) is 18.5 Å². The molecule has 1 unspecified atom stereocenters. The molecule has 1 aromatic carbocycles. The quantitative estimate of drug-likeness (QED) is 0.652. The van der Waals surface area contributed by atoms with Crippen molar-refractivity contribution in [1.82, 2.24) is 10.6 Å². The first-order valence-corrected chi connectivity index (χ1v) is 6.46. The Kier molecular flexibility index (Phi) is 6.32. The fraction of sp³-hybridized carbons (Fsp3) is 0.357. The fourth-order valence-corrected chi connectivity index (χ4v) is 1.53. The Labute approximate surface area is 121 Å². The van der Waals surface area contributed by atoms with Crippen LogP contribution in [-0.4, -0.2) is 35.5 Å². The molecule has 0 bridgehead atoms. The maximum absolute atomic E-state index is 12.7. The van der Waals surface area contributed by atoms with Crippen molar-refractivity contribution in [3.63, 3.8) is 0 Å². The van der Waals surface area contributed by atoms with E-state index in [4.69, 9.17) is 5.11 Å². The number of nitrogens with one attached hydrogen (secondary N) is 2. The normalized spacial score (nSPS) is 11.5. The molecular formula is C14H17FN2O4. The van der Waals surface area contributed by atoms with Crippen molar-refractivity contribution in [3.05, 3.63) is 35.6 Å². The maximum Gasteiger partial charge on any atom is 0.325 e. The van der Waals surface area contributed by atoms with E-state index >= 15 is 0 Å². The number of rotatable bonds is 7. The van der Waals surface area contributed by atoms with E-state index in [1.807, 2.05) is 0 Å². The topological polar surface area (TPSA) is 95.5 Å². The van der Waals surface area contributed by atoms with Crippen molar-refractivity contribution in [3.8, 4) is 0 Å². The van der Waals surface area contributed by atoms with E-state index in [-0.39, 0.29) is 24.8 Å². The number of benzene rings is 1. The Morgan fingerprint density at radius 1 is 1.24 bits per heavy atom. The highest BCUT2D eigenvalue weighted by Gasteiger charge is 2.13. The summed E-state index contributed by atoms with van der Waals surface area (Å²) in [6.07, 6.45) is 0.492. The van der Waals surface area contributed by atoms with Gasteiger partial charge >= 0.3 is 5.97 Å². The van der Waals surface area contributed by atoms with Gasteiger partial charge < -0.3 is 15.7 Å². The van der Waals surface area contributed by atoms with E-state index in [2.05, 4.69) is 10.6 Å². The number of halogens is 1. The number of carbonyl (C=O) groups is 3. The molecule has 0 saturated carbocycles. The number of carbonyl (C=O) groups excluding carboxylic acids is 2. The average Bonchev–Trinajstić information content (AvgIpc) is 2.44. The van der Waals surface area contributed by atoms with Gasteiger partial charge in [-0.3, -0.25) is 14.4 Å². The first-order valence-electron chi connectivity index (χ1n) is 6.46. The van der Waals surface area contributed by atoms with Crippen LogP contribution in [0.4, 0.5) is 4.39 Å². The van der Waals surface area contributed by atoms with Gasteiger partial charge in [-0.15, -0.1) is 0 Å². The number of amides is 2. The fourth-order valence-electron chi connectivity index (χ4n) is 1.53. The lowest BCUT2D eigenvalue weighted by atomic mass is 10.2. The third kappa shape index (κ3) is 6.03. The zero-order valence-electron chi connectivity index (χ0n) is 11.6. The van der Waals surface area contributed by atoms with Crippen molar-refractivity contribution >= 4 is 17.8 Å². The molecule has 0 aromatic heterocycles. The highest BCUT2D eigenvalue weighted by Crippen LogP contribution is 2.02. The molecule has 0 saturated heterocycles. The highest BCUT2D eigenvalue weighted by atomic mass is 19.1. The molecule has 2 amide bonds. The van der Waals surface area contributed by atoms with Crippen LogP contribution in [0.3, 0.4) is 0 Å². The molecule has 0 radical (unpaired) electrons. The Balaban J connectivity index is 2.25. The van der Waals surface area contributed by atoms with E-state index in [1.54, 1.807) is 0 Å². The summed E-state index contributed by atoms with van der Waals surface area (Å²) in [5.74, 6) is -2.26. The van der Waals surface area contributed by atoms with E-state index in [9.17, 15) is 18.8 Å². The van der Waals surface area contributed by atoms with E-state index in [1.165, 1.54) is 31.2 Å². The molecule has 0 aliphatic heterocycles. The molecule has 1 aromatic rings. The van der Waals surface area contributed by atoms with Crippen LogP contribution in [0.15, 0.2) is 24.3 Å². The predicted molar refractivity (Wildman–Crippen MR) is 73.2 cm³/mol. The van der Waals surface area contributed by atoms with Crippen molar-refractivity contribution in [2.75, 3.05) is 6.54 Å². The van der Waals surface area contributed by atoms with Crippen LogP contribution in [0, 0.1) is 5.82 Å². The first kappa shape index (κ1) is 16.6. The minimum absolute atomic E-state index is 0.112. The maximum atomic E-state index is 12.7. The number of hydrogen-bond donors (Lipinski definition) is 3. The van der Waals surface area contributed by atoms with Gasteiger partial charge in [0.05, 0.1) is 0 Å². The number of carboxylic acids is 1. The SMILES string of the molecule is CC(NC(=O)CCCNC(=O)c1ccc(F)cc1)C(=O)O. The van der Waals surface area contributed by atoms with Crippen LogP contribution >= 0.6 is 0 Å². The van der Waals surface area contributed by atoms with Gasteiger partial charge in [-0.25, -0.2) is 4.39 Å². The van der Waals surface area contributed by atoms with E-state index < -0.39 is 17.8 Å². The molecule has 1 atom stereocenters. The number of carboxylic acid groups (broad SMARTS) is 1. The van der Waals surface area contributed by atoms with Gasteiger partial charge in [0.25, 0.3) is 5.91 Å². The lowest BCUT2D eigenvalue weighted by molar-refractivity contribution is -0.141. The molecular weight excluding hydrogens is 279 g/mol. The Bertz CT molecular complexity index is 516. The summed E-state index contributed by atoms with van der Waals surface area (Å²) in [6, 6.07) is 4.18. The summed E-state index contributed by atoms with van der Waals surface area (Å²) in [4.78, 5) is 33.6. The molecule has 0 fully saturated rings. The van der Waals surface area contributed by atoms with Crippen LogP contribution < -0.4 is 10.6 Å². The molecule has 0 heterocycles. The number of aliphatic carboxylic acids is 1. The average molecular weight is 296 g/mol. The van der Waals surface area contributed by atoms with Crippen molar-refractivity contribution in [2.24, 2.45) is 0 Å². The second-order valence-corrected chi connectivity index (χ2v) is 4.49. The van der Waals surface area contributed by atoms with Crippen LogP contribution in [-0.2, 0) is 9.59 Å². The molecule has 0 spiro atoms. The second kappa shape index (κ2) is 7.98. The van der Waals surface area contributed by atoms with Gasteiger partial charge in [-0.1, -0.05) is 0 Å². The molecule has 0 aliphatic carbocycles. The number of hydrogen-bond acceptors (Lipinski definition) is 3. The first-order chi connectivity index (χ1) is 9.90. The van der Waals surface area contributed by atoms with E-state index in [0.717, 1.165) is 0 Å². The van der Waals surface area contributed by atoms with Gasteiger partial charge in [-0.2, -0.15) is 0 Å². The minimum atomic E-state index is -1.10. The van der Waals surface area contributed by atoms with Crippen molar-refractivity contribution < 1.29 is 23.9 Å². The van der Waals surface area contributed by atoms with Gasteiger partial charge in [0.2, 0.25) is 5.91 Å². The van der Waals surface area contributed by atoms with Crippen molar-refractivity contribution in [2.45, 2.75) is 25.8 Å². The summed E-state index contributed by atoms with van der Waals surface area (Å²) < 4.78 is 12.7. The Hall–Kier alpha value is -2.44. The van der Waals surface area contributed by atoms with Crippen molar-refractivity contribution in [1.29, 1.82) is 0 Å². The second-order valence-electron chi connectivity index (χ2n) is 4.49. The molecule has 1 rings (SSSR count). The van der Waals surface area contributed by atoms with Crippen LogP contribution in [0.5, 0.6) is 0 Å². The summed E-state index contributed by atoms with van der Waals surface area (Å²) in [5, 5.41) is 13.5. The standard InChI is InChI=1S/C14H17FN2O4/c1-9(14(20)21)17-12(18)3-2-8-16-13(19)10-4-6-11(15)7-5-10/h4-7,9H,2-3,8H2,1H3,(H,16,19)(H,17,18)(H,20,21). The molecule has 21 heavy (non-hydrogen) atoms. The van der Waals surface area contributed by atoms with Gasteiger partial charge in [0.1, 0.15) is 11.9 Å². The molecule has 7 heteroatoms. The van der Waals surface area contributed by atoms with Crippen LogP contribution in [0.25, 0.3) is 0 Å². The summed E-state index contributed by atoms with van der Waals surface area (Å²) >= 11 is 0.